The van der Waals surface area contributed by atoms with Crippen molar-refractivity contribution in [1.29, 1.82) is 0 Å². The van der Waals surface area contributed by atoms with Crippen LogP contribution < -0.4 is 4.74 Å². The first-order valence-electron chi connectivity index (χ1n) is 5.59. The summed E-state index contributed by atoms with van der Waals surface area (Å²) in [7, 11) is 0. The minimum absolute atomic E-state index is 0.128. The highest BCUT2D eigenvalue weighted by atomic mass is 16.5. The average molecular weight is 206 g/mol. The van der Waals surface area contributed by atoms with Crippen molar-refractivity contribution in [3.05, 3.63) is 29.3 Å². The Morgan fingerprint density at radius 3 is 2.20 bits per heavy atom. The predicted octanol–water partition coefficient (Wildman–Crippen LogP) is 4.30. The summed E-state index contributed by atoms with van der Waals surface area (Å²) in [6, 6.07) is 6.44. The Bertz CT molecular complexity index is 332. The summed E-state index contributed by atoms with van der Waals surface area (Å²) >= 11 is 0. The zero-order chi connectivity index (χ0) is 11.6. The number of hydrogen-bond donors (Lipinski definition) is 0. The van der Waals surface area contributed by atoms with Crippen molar-refractivity contribution >= 4 is 0 Å². The van der Waals surface area contributed by atoms with Crippen LogP contribution in [0.3, 0.4) is 0 Å². The molecule has 0 spiro atoms. The zero-order valence-electron chi connectivity index (χ0n) is 10.7. The molecule has 1 aromatic rings. The number of aryl methyl sites for hydroxylation is 1. The lowest BCUT2D eigenvalue weighted by atomic mass is 10.00. The maximum Gasteiger partial charge on any atom is 0.123 e. The molecule has 15 heavy (non-hydrogen) atoms. The van der Waals surface area contributed by atoms with E-state index in [0.29, 0.717) is 5.92 Å². The summed E-state index contributed by atoms with van der Waals surface area (Å²) in [5.74, 6) is 1.53. The zero-order valence-corrected chi connectivity index (χ0v) is 10.7. The molecule has 0 saturated heterocycles. The van der Waals surface area contributed by atoms with E-state index in [1.165, 1.54) is 11.1 Å². The number of rotatable bonds is 2. The van der Waals surface area contributed by atoms with Gasteiger partial charge in [-0.15, -0.1) is 0 Å². The molecular formula is C14H22O. The van der Waals surface area contributed by atoms with E-state index in [2.05, 4.69) is 59.7 Å². The van der Waals surface area contributed by atoms with Crippen molar-refractivity contribution < 1.29 is 4.74 Å². The first-order valence-corrected chi connectivity index (χ1v) is 5.59. The second-order valence-electron chi connectivity index (χ2n) is 5.41. The van der Waals surface area contributed by atoms with Gasteiger partial charge in [-0.1, -0.05) is 26.0 Å². The van der Waals surface area contributed by atoms with Crippen LogP contribution in [0.2, 0.25) is 0 Å². The molecule has 0 bridgehead atoms. The van der Waals surface area contributed by atoms with Gasteiger partial charge < -0.3 is 4.74 Å². The Kier molecular flexibility index (Phi) is 3.43. The fourth-order valence-electron chi connectivity index (χ4n) is 1.54. The number of hydrogen-bond acceptors (Lipinski definition) is 1. The maximum atomic E-state index is 5.97. The van der Waals surface area contributed by atoms with E-state index >= 15 is 0 Å². The van der Waals surface area contributed by atoms with Crippen molar-refractivity contribution in [2.75, 3.05) is 0 Å². The van der Waals surface area contributed by atoms with Gasteiger partial charge in [0.15, 0.2) is 0 Å². The fourth-order valence-corrected chi connectivity index (χ4v) is 1.54. The summed E-state index contributed by atoms with van der Waals surface area (Å²) in [6.45, 7) is 12.7. The van der Waals surface area contributed by atoms with Gasteiger partial charge in [-0.2, -0.15) is 0 Å². The molecule has 0 atom stereocenters. The highest BCUT2D eigenvalue weighted by molar-refractivity contribution is 5.39. The standard InChI is InChI=1S/C14H22O/c1-10(2)12-8-7-11(3)9-13(12)15-14(4,5)6/h7-10H,1-6H3. The van der Waals surface area contributed by atoms with Crippen LogP contribution in [-0.4, -0.2) is 5.60 Å². The lowest BCUT2D eigenvalue weighted by molar-refractivity contribution is 0.129. The van der Waals surface area contributed by atoms with E-state index in [1.54, 1.807) is 0 Å². The Morgan fingerprint density at radius 1 is 1.13 bits per heavy atom. The smallest absolute Gasteiger partial charge is 0.123 e. The van der Waals surface area contributed by atoms with Crippen LogP contribution in [0.1, 0.15) is 51.7 Å². The molecular weight excluding hydrogens is 184 g/mol. The minimum atomic E-state index is -0.128. The van der Waals surface area contributed by atoms with Gasteiger partial charge >= 0.3 is 0 Å². The SMILES string of the molecule is Cc1ccc(C(C)C)c(OC(C)(C)C)c1. The predicted molar refractivity (Wildman–Crippen MR) is 65.6 cm³/mol. The third-order valence-electron chi connectivity index (χ3n) is 2.21. The van der Waals surface area contributed by atoms with Crippen molar-refractivity contribution in [3.8, 4) is 5.75 Å². The lowest BCUT2D eigenvalue weighted by Crippen LogP contribution is -2.23. The summed E-state index contributed by atoms with van der Waals surface area (Å²) in [5, 5.41) is 0. The summed E-state index contributed by atoms with van der Waals surface area (Å²) in [5.41, 5.74) is 2.41. The number of benzene rings is 1. The Balaban J connectivity index is 3.08. The van der Waals surface area contributed by atoms with E-state index in [9.17, 15) is 0 Å². The average Bonchev–Trinajstić information content (AvgIpc) is 1.99. The topological polar surface area (TPSA) is 9.23 Å². The molecule has 0 heterocycles. The van der Waals surface area contributed by atoms with E-state index in [4.69, 9.17) is 4.74 Å². The van der Waals surface area contributed by atoms with Crippen LogP contribution in [-0.2, 0) is 0 Å². The molecule has 1 rings (SSSR count). The van der Waals surface area contributed by atoms with Crippen LogP contribution in [0.4, 0.5) is 0 Å². The summed E-state index contributed by atoms with van der Waals surface area (Å²) in [4.78, 5) is 0. The Hall–Kier alpha value is -0.980. The molecule has 0 unspecified atom stereocenters. The van der Waals surface area contributed by atoms with Crippen molar-refractivity contribution in [2.24, 2.45) is 0 Å². The van der Waals surface area contributed by atoms with Gasteiger partial charge in [0.1, 0.15) is 11.4 Å². The van der Waals surface area contributed by atoms with Crippen LogP contribution in [0.5, 0.6) is 5.75 Å². The molecule has 1 heteroatoms. The van der Waals surface area contributed by atoms with Crippen LogP contribution in [0, 0.1) is 6.92 Å². The highest BCUT2D eigenvalue weighted by Gasteiger charge is 2.15. The van der Waals surface area contributed by atoms with Gasteiger partial charge in [-0.3, -0.25) is 0 Å². The molecule has 1 nitrogen and oxygen atoms in total. The largest absolute Gasteiger partial charge is 0.488 e. The Labute approximate surface area is 93.5 Å². The van der Waals surface area contributed by atoms with Gasteiger partial charge in [-0.05, 0) is 50.8 Å². The third-order valence-corrected chi connectivity index (χ3v) is 2.21. The first kappa shape index (κ1) is 12.1. The van der Waals surface area contributed by atoms with Gasteiger partial charge in [0, 0.05) is 0 Å². The molecule has 0 fully saturated rings. The van der Waals surface area contributed by atoms with Crippen LogP contribution >= 0.6 is 0 Å². The summed E-state index contributed by atoms with van der Waals surface area (Å²) in [6.07, 6.45) is 0. The first-order chi connectivity index (χ1) is 6.79. The lowest BCUT2D eigenvalue weighted by Gasteiger charge is -2.24. The highest BCUT2D eigenvalue weighted by Crippen LogP contribution is 2.30. The van der Waals surface area contributed by atoms with Gasteiger partial charge in [0.2, 0.25) is 0 Å². The van der Waals surface area contributed by atoms with Gasteiger partial charge in [0.25, 0.3) is 0 Å². The molecule has 0 aliphatic heterocycles. The molecule has 0 aliphatic rings. The molecule has 1 aromatic carbocycles. The second-order valence-corrected chi connectivity index (χ2v) is 5.41. The van der Waals surface area contributed by atoms with E-state index in [0.717, 1.165) is 5.75 Å². The van der Waals surface area contributed by atoms with E-state index in [1.807, 2.05) is 0 Å². The van der Waals surface area contributed by atoms with Crippen LogP contribution in [0.15, 0.2) is 18.2 Å². The monoisotopic (exact) mass is 206 g/mol. The van der Waals surface area contributed by atoms with Crippen molar-refractivity contribution in [2.45, 2.75) is 53.1 Å². The molecule has 0 aromatic heterocycles. The van der Waals surface area contributed by atoms with E-state index < -0.39 is 0 Å². The second kappa shape index (κ2) is 4.26. The fraction of sp³-hybridized carbons (Fsp3) is 0.571. The van der Waals surface area contributed by atoms with E-state index in [-0.39, 0.29) is 5.60 Å². The quantitative estimate of drug-likeness (QED) is 0.701. The maximum absolute atomic E-state index is 5.97. The molecule has 0 radical (unpaired) electrons. The van der Waals surface area contributed by atoms with Gasteiger partial charge in [0.05, 0.1) is 0 Å². The molecule has 84 valence electrons. The number of ether oxygens (including phenoxy) is 1. The Morgan fingerprint density at radius 2 is 1.73 bits per heavy atom. The molecule has 0 aliphatic carbocycles. The van der Waals surface area contributed by atoms with Crippen molar-refractivity contribution in [1.82, 2.24) is 0 Å². The molecule has 0 N–H and O–H groups in total. The molecule has 0 saturated carbocycles. The minimum Gasteiger partial charge on any atom is -0.488 e. The van der Waals surface area contributed by atoms with Crippen LogP contribution in [0.25, 0.3) is 0 Å². The van der Waals surface area contributed by atoms with Gasteiger partial charge in [-0.25, -0.2) is 0 Å². The van der Waals surface area contributed by atoms with Crippen molar-refractivity contribution in [3.63, 3.8) is 0 Å². The normalized spacial score (nSPS) is 11.9. The third kappa shape index (κ3) is 3.58. The summed E-state index contributed by atoms with van der Waals surface area (Å²) < 4.78 is 5.97. The molecule has 0 amide bonds.